The van der Waals surface area contributed by atoms with E-state index in [9.17, 15) is 9.59 Å². The lowest BCUT2D eigenvalue weighted by atomic mass is 11.0. The highest BCUT2D eigenvalue weighted by Crippen LogP contribution is 1.83. The summed E-state index contributed by atoms with van der Waals surface area (Å²) in [6, 6.07) is -1.10. The van der Waals surface area contributed by atoms with Crippen LogP contribution in [-0.4, -0.2) is 28.3 Å². The Morgan fingerprint density at radius 1 is 1.33 bits per heavy atom. The third-order valence-electron chi connectivity index (χ3n) is 0.613. The van der Waals surface area contributed by atoms with Crippen molar-refractivity contribution in [2.45, 2.75) is 0 Å². The molecule has 0 aromatic rings. The van der Waals surface area contributed by atoms with E-state index in [4.69, 9.17) is 16.6 Å². The van der Waals surface area contributed by atoms with Gasteiger partial charge in [0.25, 0.3) is 0 Å². The molecule has 0 aromatic heterocycles. The van der Waals surface area contributed by atoms with Gasteiger partial charge in [0.05, 0.1) is 0 Å². The number of hydrazone groups is 1. The molecule has 0 aliphatic heterocycles. The highest BCUT2D eigenvalue weighted by molar-refractivity contribution is 5.79. The fourth-order valence-electron chi connectivity index (χ4n) is 0.335. The zero-order valence-corrected chi connectivity index (χ0v) is 5.89. The number of carbonyl (C=O) groups excluding carboxylic acids is 1. The van der Waals surface area contributed by atoms with Gasteiger partial charge in [-0.15, -0.1) is 5.10 Å². The van der Waals surface area contributed by atoms with Gasteiger partial charge in [-0.1, -0.05) is 5.12 Å². The maximum absolute atomic E-state index is 10.2. The molecular formula is C3H8N6O3. The summed E-state index contributed by atoms with van der Waals surface area (Å²) in [6.07, 6.45) is -1.57. The normalized spacial score (nSPS) is 8.33. The van der Waals surface area contributed by atoms with Gasteiger partial charge in [0.2, 0.25) is 5.96 Å². The Bertz CT molecular complexity index is 220. The Balaban J connectivity index is 4.35. The molecule has 0 rings (SSSR count). The second-order valence-electron chi connectivity index (χ2n) is 1.60. The smallest absolute Gasteiger partial charge is 0.448 e. The molecule has 0 saturated carbocycles. The summed E-state index contributed by atoms with van der Waals surface area (Å²) in [5.41, 5.74) is 15.9. The van der Waals surface area contributed by atoms with Gasteiger partial charge < -0.3 is 22.3 Å². The number of nitrogens with one attached hydrogen (secondary N) is 1. The van der Waals surface area contributed by atoms with Crippen LogP contribution in [0.5, 0.6) is 0 Å². The first kappa shape index (κ1) is 9.81. The molecule has 0 radical (unpaired) electrons. The molecule has 9 nitrogen and oxygen atoms in total. The lowest BCUT2D eigenvalue weighted by Gasteiger charge is -2.11. The van der Waals surface area contributed by atoms with E-state index in [2.05, 4.69) is 10.8 Å². The molecule has 3 amide bonds. The number of nitrogens with two attached hydrogens (primary N) is 3. The van der Waals surface area contributed by atoms with Crippen molar-refractivity contribution in [3.05, 3.63) is 0 Å². The molecule has 12 heavy (non-hydrogen) atoms. The first-order valence-corrected chi connectivity index (χ1v) is 2.62. The number of urea groups is 1. The summed E-state index contributed by atoms with van der Waals surface area (Å²) in [5.74, 6) is -0.522. The van der Waals surface area contributed by atoms with Crippen molar-refractivity contribution in [1.29, 1.82) is 0 Å². The largest absolute Gasteiger partial charge is 0.462 e. The van der Waals surface area contributed by atoms with E-state index in [1.54, 1.807) is 5.43 Å². The molecule has 0 bridgehead atoms. The molecule has 0 saturated heterocycles. The van der Waals surface area contributed by atoms with E-state index >= 15 is 0 Å². The minimum absolute atomic E-state index is 0.0949. The van der Waals surface area contributed by atoms with Crippen molar-refractivity contribution in [1.82, 2.24) is 10.5 Å². The van der Waals surface area contributed by atoms with Crippen LogP contribution in [0.4, 0.5) is 9.59 Å². The monoisotopic (exact) mass is 176 g/mol. The lowest BCUT2D eigenvalue weighted by Crippen LogP contribution is -2.46. The van der Waals surface area contributed by atoms with Crippen LogP contribution in [0, 0.1) is 0 Å². The Kier molecular flexibility index (Phi) is 3.15. The summed E-state index contributed by atoms with van der Waals surface area (Å²) in [7, 11) is 0. The SMILES string of the molecule is NC(=O)NN(N=C(N)N)C(=O)O. The third-order valence-corrected chi connectivity index (χ3v) is 0.613. The average Bonchev–Trinajstić information content (AvgIpc) is 1.83. The number of hydrogen-bond donors (Lipinski definition) is 5. The second-order valence-corrected chi connectivity index (χ2v) is 1.60. The van der Waals surface area contributed by atoms with E-state index in [-0.39, 0.29) is 5.12 Å². The first-order valence-electron chi connectivity index (χ1n) is 2.62. The minimum atomic E-state index is -1.57. The van der Waals surface area contributed by atoms with Crippen molar-refractivity contribution in [3.63, 3.8) is 0 Å². The van der Waals surface area contributed by atoms with Gasteiger partial charge >= 0.3 is 12.1 Å². The minimum Gasteiger partial charge on any atom is -0.462 e. The van der Waals surface area contributed by atoms with Crippen molar-refractivity contribution >= 4 is 18.1 Å². The molecular weight excluding hydrogens is 168 g/mol. The van der Waals surface area contributed by atoms with Gasteiger partial charge in [-0.3, -0.25) is 0 Å². The zero-order valence-electron chi connectivity index (χ0n) is 5.89. The van der Waals surface area contributed by atoms with E-state index < -0.39 is 18.1 Å². The van der Waals surface area contributed by atoms with Crippen molar-refractivity contribution in [2.75, 3.05) is 0 Å². The highest BCUT2D eigenvalue weighted by Gasteiger charge is 2.11. The maximum atomic E-state index is 10.2. The molecule has 0 atom stereocenters. The molecule has 8 N–H and O–H groups in total. The van der Waals surface area contributed by atoms with Crippen LogP contribution < -0.4 is 22.6 Å². The average molecular weight is 176 g/mol. The van der Waals surface area contributed by atoms with E-state index in [0.29, 0.717) is 0 Å². The van der Waals surface area contributed by atoms with E-state index in [1.807, 2.05) is 0 Å². The molecule has 0 aliphatic carbocycles. The van der Waals surface area contributed by atoms with Crippen LogP contribution in [-0.2, 0) is 0 Å². The van der Waals surface area contributed by atoms with Crippen molar-refractivity contribution < 1.29 is 14.7 Å². The standard InChI is InChI=1S/C3H8N6O3/c4-1(5)7-9(3(11)12)8-2(6)10/h(H,11,12)(H4,4,5,7)(H3,6,8,10). The van der Waals surface area contributed by atoms with Crippen LogP contribution in [0.1, 0.15) is 0 Å². The fourth-order valence-corrected chi connectivity index (χ4v) is 0.335. The summed E-state index contributed by atoms with van der Waals surface area (Å²) >= 11 is 0. The number of guanidine groups is 1. The number of carboxylic acid groups (broad SMARTS) is 1. The van der Waals surface area contributed by atoms with Gasteiger partial charge in [-0.2, -0.15) is 0 Å². The zero-order chi connectivity index (χ0) is 9.72. The maximum Gasteiger partial charge on any atom is 0.448 e. The summed E-state index contributed by atoms with van der Waals surface area (Å²) in [4.78, 5) is 20.4. The summed E-state index contributed by atoms with van der Waals surface area (Å²) in [6.45, 7) is 0. The van der Waals surface area contributed by atoms with Crippen LogP contribution in [0.15, 0.2) is 5.10 Å². The topological polar surface area (TPSA) is 160 Å². The van der Waals surface area contributed by atoms with Gasteiger partial charge in [-0.25, -0.2) is 15.0 Å². The van der Waals surface area contributed by atoms with Crippen molar-refractivity contribution in [2.24, 2.45) is 22.3 Å². The molecule has 9 heteroatoms. The number of amides is 3. The third kappa shape index (κ3) is 3.76. The molecule has 0 heterocycles. The number of hydrogen-bond acceptors (Lipinski definition) is 3. The van der Waals surface area contributed by atoms with Gasteiger partial charge in [0.1, 0.15) is 0 Å². The molecule has 0 spiro atoms. The summed E-state index contributed by atoms with van der Waals surface area (Å²) in [5, 5.41) is 11.4. The molecule has 68 valence electrons. The van der Waals surface area contributed by atoms with E-state index in [1.165, 1.54) is 0 Å². The van der Waals surface area contributed by atoms with Gasteiger partial charge in [0, 0.05) is 0 Å². The predicted octanol–water partition coefficient (Wildman–Crippen LogP) is -2.26. The lowest BCUT2D eigenvalue weighted by molar-refractivity contribution is 0.127. The second kappa shape index (κ2) is 3.85. The molecule has 0 aromatic carbocycles. The number of hydrazine groups is 1. The highest BCUT2D eigenvalue weighted by atomic mass is 16.4. The van der Waals surface area contributed by atoms with Gasteiger partial charge in [0.15, 0.2) is 0 Å². The Labute approximate surface area is 66.8 Å². The van der Waals surface area contributed by atoms with E-state index in [0.717, 1.165) is 0 Å². The van der Waals surface area contributed by atoms with Crippen LogP contribution >= 0.6 is 0 Å². The van der Waals surface area contributed by atoms with Crippen molar-refractivity contribution in [3.8, 4) is 0 Å². The number of nitrogens with zero attached hydrogens (tertiary/aromatic N) is 2. The number of primary amides is 1. The Hall–Kier alpha value is -2.19. The molecule has 0 unspecified atom stereocenters. The number of carbonyl (C=O) groups is 2. The Morgan fingerprint density at radius 2 is 1.83 bits per heavy atom. The molecule has 0 fully saturated rings. The van der Waals surface area contributed by atoms with Crippen LogP contribution in [0.2, 0.25) is 0 Å². The fraction of sp³-hybridized carbons (Fsp3) is 0. The summed E-state index contributed by atoms with van der Waals surface area (Å²) < 4.78 is 0. The number of rotatable bonds is 1. The predicted molar refractivity (Wildman–Crippen MR) is 38.4 cm³/mol. The Morgan fingerprint density at radius 3 is 2.08 bits per heavy atom. The first-order chi connectivity index (χ1) is 5.43. The van der Waals surface area contributed by atoms with Gasteiger partial charge in [-0.05, 0) is 0 Å². The quantitative estimate of drug-likeness (QED) is 0.173. The molecule has 0 aliphatic rings. The van der Waals surface area contributed by atoms with Crippen LogP contribution in [0.25, 0.3) is 0 Å². The van der Waals surface area contributed by atoms with Crippen LogP contribution in [0.3, 0.4) is 0 Å².